The SMILES string of the molecule is COc1ccc(C)cc1-n1nnnc1S[C@H](C)C(=O)Nc1ccccc1F. The first-order chi connectivity index (χ1) is 13.0. The number of aromatic nitrogens is 4. The normalized spacial score (nSPS) is 11.9. The molecule has 0 spiro atoms. The summed E-state index contributed by atoms with van der Waals surface area (Å²) in [4.78, 5) is 12.4. The molecule has 140 valence electrons. The Hall–Kier alpha value is -2.94. The molecule has 2 aromatic carbocycles. The molecule has 1 amide bonds. The maximum Gasteiger partial charge on any atom is 0.237 e. The summed E-state index contributed by atoms with van der Waals surface area (Å²) in [5, 5.41) is 14.2. The Bertz CT molecular complexity index is 962. The van der Waals surface area contributed by atoms with Crippen LogP contribution in [0.25, 0.3) is 5.69 Å². The monoisotopic (exact) mass is 387 g/mol. The number of aryl methyl sites for hydroxylation is 1. The summed E-state index contributed by atoms with van der Waals surface area (Å²) in [6, 6.07) is 11.7. The average Bonchev–Trinajstić information content (AvgIpc) is 3.11. The van der Waals surface area contributed by atoms with Gasteiger partial charge in [-0.1, -0.05) is 30.0 Å². The standard InChI is InChI=1S/C18H18FN5O2S/c1-11-8-9-16(26-3)15(10-11)24-18(21-22-23-24)27-12(2)17(25)20-14-7-5-4-6-13(14)19/h4-10,12H,1-3H3,(H,20,25)/t12-/m1/s1. The minimum atomic E-state index is -0.551. The maximum atomic E-state index is 13.7. The lowest BCUT2D eigenvalue weighted by Crippen LogP contribution is -2.23. The second-order valence-electron chi connectivity index (χ2n) is 5.78. The molecule has 0 aliphatic carbocycles. The minimum Gasteiger partial charge on any atom is -0.494 e. The number of hydrogen-bond donors (Lipinski definition) is 1. The van der Waals surface area contributed by atoms with Crippen molar-refractivity contribution >= 4 is 23.4 Å². The highest BCUT2D eigenvalue weighted by Crippen LogP contribution is 2.29. The Morgan fingerprint density at radius 1 is 1.30 bits per heavy atom. The highest BCUT2D eigenvalue weighted by atomic mass is 32.2. The number of carbonyl (C=O) groups excluding carboxylic acids is 1. The van der Waals surface area contributed by atoms with Crippen LogP contribution in [-0.4, -0.2) is 38.5 Å². The topological polar surface area (TPSA) is 81.9 Å². The van der Waals surface area contributed by atoms with E-state index in [1.54, 1.807) is 26.2 Å². The largest absolute Gasteiger partial charge is 0.494 e. The molecule has 0 bridgehead atoms. The van der Waals surface area contributed by atoms with Crippen molar-refractivity contribution < 1.29 is 13.9 Å². The number of tetrazole rings is 1. The van der Waals surface area contributed by atoms with Gasteiger partial charge in [0.15, 0.2) is 0 Å². The second kappa shape index (κ2) is 8.17. The molecule has 1 heterocycles. The number of carbonyl (C=O) groups is 1. The lowest BCUT2D eigenvalue weighted by molar-refractivity contribution is -0.115. The molecule has 3 aromatic rings. The smallest absolute Gasteiger partial charge is 0.237 e. The molecule has 3 rings (SSSR count). The highest BCUT2D eigenvalue weighted by molar-refractivity contribution is 8.00. The molecule has 1 N–H and O–H groups in total. The van der Waals surface area contributed by atoms with Crippen LogP contribution < -0.4 is 10.1 Å². The third-order valence-electron chi connectivity index (χ3n) is 3.79. The van der Waals surface area contributed by atoms with Crippen LogP contribution in [0.2, 0.25) is 0 Å². The Kier molecular flexibility index (Phi) is 5.70. The number of anilines is 1. The zero-order chi connectivity index (χ0) is 19.4. The number of benzene rings is 2. The molecular formula is C18H18FN5O2S. The van der Waals surface area contributed by atoms with Crippen LogP contribution in [0.3, 0.4) is 0 Å². The summed E-state index contributed by atoms with van der Waals surface area (Å²) in [5.41, 5.74) is 1.82. The number of hydrogen-bond acceptors (Lipinski definition) is 6. The quantitative estimate of drug-likeness (QED) is 0.654. The molecule has 1 atom stereocenters. The van der Waals surface area contributed by atoms with Crippen molar-refractivity contribution in [2.75, 3.05) is 12.4 Å². The van der Waals surface area contributed by atoms with Crippen molar-refractivity contribution in [3.8, 4) is 11.4 Å². The van der Waals surface area contributed by atoms with Gasteiger partial charge in [0, 0.05) is 0 Å². The fraction of sp³-hybridized carbons (Fsp3) is 0.222. The number of nitrogens with one attached hydrogen (secondary N) is 1. The number of methoxy groups -OCH3 is 1. The summed E-state index contributed by atoms with van der Waals surface area (Å²) in [6.07, 6.45) is 0. The first-order valence-electron chi connectivity index (χ1n) is 8.15. The Balaban J connectivity index is 1.79. The fourth-order valence-electron chi connectivity index (χ4n) is 2.38. The van der Waals surface area contributed by atoms with Gasteiger partial charge in [-0.25, -0.2) is 4.39 Å². The van der Waals surface area contributed by atoms with Gasteiger partial charge in [0.2, 0.25) is 11.1 Å². The number of nitrogens with zero attached hydrogens (tertiary/aromatic N) is 4. The van der Waals surface area contributed by atoms with Gasteiger partial charge >= 0.3 is 0 Å². The van der Waals surface area contributed by atoms with Crippen LogP contribution in [0, 0.1) is 12.7 Å². The third-order valence-corrected chi connectivity index (χ3v) is 4.82. The molecule has 0 fully saturated rings. The van der Waals surface area contributed by atoms with E-state index in [-0.39, 0.29) is 11.6 Å². The van der Waals surface area contributed by atoms with Crippen LogP contribution in [-0.2, 0) is 4.79 Å². The fourth-order valence-corrected chi connectivity index (χ4v) is 3.18. The van der Waals surface area contributed by atoms with E-state index >= 15 is 0 Å². The molecule has 27 heavy (non-hydrogen) atoms. The van der Waals surface area contributed by atoms with Gasteiger partial charge in [-0.05, 0) is 54.1 Å². The van der Waals surface area contributed by atoms with E-state index in [1.807, 2.05) is 25.1 Å². The van der Waals surface area contributed by atoms with Crippen molar-refractivity contribution in [3.63, 3.8) is 0 Å². The van der Waals surface area contributed by atoms with Crippen molar-refractivity contribution in [2.24, 2.45) is 0 Å². The maximum absolute atomic E-state index is 13.7. The first-order valence-corrected chi connectivity index (χ1v) is 9.03. The minimum absolute atomic E-state index is 0.134. The van der Waals surface area contributed by atoms with Gasteiger partial charge in [0.1, 0.15) is 17.3 Å². The number of thioether (sulfide) groups is 1. The highest BCUT2D eigenvalue weighted by Gasteiger charge is 2.21. The van der Waals surface area contributed by atoms with Crippen LogP contribution in [0.15, 0.2) is 47.6 Å². The predicted molar refractivity (Wildman–Crippen MR) is 101 cm³/mol. The molecule has 0 unspecified atom stereocenters. The Morgan fingerprint density at radius 2 is 2.07 bits per heavy atom. The lowest BCUT2D eigenvalue weighted by Gasteiger charge is -2.13. The molecule has 1 aromatic heterocycles. The average molecular weight is 387 g/mol. The van der Waals surface area contributed by atoms with E-state index in [2.05, 4.69) is 20.8 Å². The zero-order valence-corrected chi connectivity index (χ0v) is 15.8. The van der Waals surface area contributed by atoms with Gasteiger partial charge in [0.25, 0.3) is 0 Å². The molecule has 7 nitrogen and oxygen atoms in total. The Labute approximate surface area is 159 Å². The summed E-state index contributed by atoms with van der Waals surface area (Å²) in [6.45, 7) is 3.65. The van der Waals surface area contributed by atoms with Crippen LogP contribution in [0.5, 0.6) is 5.75 Å². The number of amides is 1. The predicted octanol–water partition coefficient (Wildman–Crippen LogP) is 3.24. The van der Waals surface area contributed by atoms with Gasteiger partial charge < -0.3 is 10.1 Å². The Morgan fingerprint density at radius 3 is 2.81 bits per heavy atom. The van der Waals surface area contributed by atoms with Gasteiger partial charge in [-0.15, -0.1) is 5.10 Å². The van der Waals surface area contributed by atoms with Crippen LogP contribution in [0.1, 0.15) is 12.5 Å². The van der Waals surface area contributed by atoms with Gasteiger partial charge in [-0.3, -0.25) is 4.79 Å². The van der Waals surface area contributed by atoms with E-state index in [4.69, 9.17) is 4.74 Å². The number of ether oxygens (including phenoxy) is 1. The van der Waals surface area contributed by atoms with Crippen molar-refractivity contribution in [3.05, 3.63) is 53.8 Å². The molecule has 0 radical (unpaired) electrons. The van der Waals surface area contributed by atoms with Crippen molar-refractivity contribution in [1.29, 1.82) is 0 Å². The van der Waals surface area contributed by atoms with E-state index in [1.165, 1.54) is 28.6 Å². The van der Waals surface area contributed by atoms with Crippen LogP contribution in [0.4, 0.5) is 10.1 Å². The first kappa shape index (κ1) is 18.8. The van der Waals surface area contributed by atoms with Crippen molar-refractivity contribution in [1.82, 2.24) is 20.2 Å². The third kappa shape index (κ3) is 4.25. The molecule has 0 saturated heterocycles. The van der Waals surface area contributed by atoms with E-state index in [0.717, 1.165) is 5.56 Å². The molecule has 0 aliphatic heterocycles. The molecule has 9 heteroatoms. The lowest BCUT2D eigenvalue weighted by atomic mass is 10.2. The molecule has 0 saturated carbocycles. The van der Waals surface area contributed by atoms with Gasteiger partial charge in [-0.2, -0.15) is 4.68 Å². The second-order valence-corrected chi connectivity index (χ2v) is 7.09. The van der Waals surface area contributed by atoms with Gasteiger partial charge in [0.05, 0.1) is 18.0 Å². The van der Waals surface area contributed by atoms with E-state index < -0.39 is 11.1 Å². The van der Waals surface area contributed by atoms with Crippen LogP contribution >= 0.6 is 11.8 Å². The van der Waals surface area contributed by atoms with E-state index in [9.17, 15) is 9.18 Å². The number of para-hydroxylation sites is 1. The molecular weight excluding hydrogens is 369 g/mol. The van der Waals surface area contributed by atoms with E-state index in [0.29, 0.717) is 16.6 Å². The molecule has 0 aliphatic rings. The van der Waals surface area contributed by atoms with Crippen molar-refractivity contribution in [2.45, 2.75) is 24.3 Å². The summed E-state index contributed by atoms with van der Waals surface area (Å²) in [5.74, 6) is -0.230. The summed E-state index contributed by atoms with van der Waals surface area (Å²) < 4.78 is 20.6. The summed E-state index contributed by atoms with van der Waals surface area (Å²) >= 11 is 1.17. The zero-order valence-electron chi connectivity index (χ0n) is 15.0. The number of halogens is 1. The summed E-state index contributed by atoms with van der Waals surface area (Å²) in [7, 11) is 1.57. The number of rotatable bonds is 6.